The number of aryl methyl sites for hydroxylation is 1. The Morgan fingerprint density at radius 3 is 2.52 bits per heavy atom. The second-order valence-electron chi connectivity index (χ2n) is 6.44. The van der Waals surface area contributed by atoms with E-state index in [0.29, 0.717) is 4.80 Å². The van der Waals surface area contributed by atoms with E-state index >= 15 is 0 Å². The number of nitrogens with one attached hydrogen (secondary N) is 2. The van der Waals surface area contributed by atoms with Crippen LogP contribution in [0.2, 0.25) is 0 Å². The minimum Gasteiger partial charge on any atom is -0.344 e. The lowest BCUT2D eigenvalue weighted by molar-refractivity contribution is -0.133. The Kier molecular flexibility index (Phi) is 4.89. The molecule has 0 saturated carbocycles. The molecule has 0 fully saturated rings. The number of carbonyl (C=O) groups is 2. The average molecular weight is 334 g/mol. The van der Waals surface area contributed by atoms with E-state index in [9.17, 15) is 9.59 Å². The van der Waals surface area contributed by atoms with Gasteiger partial charge >= 0.3 is 0 Å². The summed E-state index contributed by atoms with van der Waals surface area (Å²) in [5, 5.41) is 6.85. The summed E-state index contributed by atoms with van der Waals surface area (Å²) in [6.07, 6.45) is 0. The van der Waals surface area contributed by atoms with Gasteiger partial charge in [-0.15, -0.1) is 5.10 Å². The lowest BCUT2D eigenvalue weighted by atomic mass is 9.95. The molecule has 1 aromatic carbocycles. The van der Waals surface area contributed by atoms with Crippen molar-refractivity contribution < 1.29 is 9.59 Å². The van der Waals surface area contributed by atoms with Crippen molar-refractivity contribution in [1.29, 1.82) is 0 Å². The highest BCUT2D eigenvalue weighted by Gasteiger charge is 2.24. The molecule has 0 saturated heterocycles. The van der Waals surface area contributed by atoms with Gasteiger partial charge in [0.25, 0.3) is 5.91 Å². The standard InChI is InChI=1S/C16H22N4O2S/c1-10(17-14(22)16(2,3)4)13(21)18-19-15-20(5)11-8-6-7-9-12(11)23-15/h6-10H,1-5H3,(H,17,22)(H,18,21)/b19-15-. The Hall–Kier alpha value is -2.15. The molecule has 23 heavy (non-hydrogen) atoms. The number of amides is 2. The fourth-order valence-corrected chi connectivity index (χ4v) is 2.85. The summed E-state index contributed by atoms with van der Waals surface area (Å²) in [4.78, 5) is 24.7. The number of aromatic nitrogens is 1. The average Bonchev–Trinajstić information content (AvgIpc) is 2.80. The summed E-state index contributed by atoms with van der Waals surface area (Å²) >= 11 is 1.49. The Morgan fingerprint density at radius 1 is 1.26 bits per heavy atom. The third-order valence-corrected chi connectivity index (χ3v) is 4.51. The zero-order valence-corrected chi connectivity index (χ0v) is 14.8. The van der Waals surface area contributed by atoms with Crippen molar-refractivity contribution in [3.05, 3.63) is 29.1 Å². The second-order valence-corrected chi connectivity index (χ2v) is 7.45. The zero-order valence-electron chi connectivity index (χ0n) is 14.0. The van der Waals surface area contributed by atoms with Gasteiger partial charge in [-0.1, -0.05) is 44.2 Å². The van der Waals surface area contributed by atoms with Crippen molar-refractivity contribution in [3.8, 4) is 0 Å². The van der Waals surface area contributed by atoms with Gasteiger partial charge in [-0.3, -0.25) is 9.59 Å². The highest BCUT2D eigenvalue weighted by Crippen LogP contribution is 2.15. The van der Waals surface area contributed by atoms with Crippen molar-refractivity contribution >= 4 is 33.4 Å². The summed E-state index contributed by atoms with van der Waals surface area (Å²) in [6, 6.07) is 7.28. The van der Waals surface area contributed by atoms with E-state index < -0.39 is 11.5 Å². The van der Waals surface area contributed by atoms with Crippen LogP contribution in [0.25, 0.3) is 10.2 Å². The monoisotopic (exact) mass is 334 g/mol. The van der Waals surface area contributed by atoms with Crippen LogP contribution in [-0.2, 0) is 16.6 Å². The number of hydrogen-bond acceptors (Lipinski definition) is 4. The molecular formula is C16H22N4O2S. The maximum atomic E-state index is 12.1. The molecule has 0 bridgehead atoms. The minimum absolute atomic E-state index is 0.174. The molecule has 6 nitrogen and oxygen atoms in total. The molecule has 0 radical (unpaired) electrons. The second kappa shape index (κ2) is 6.54. The molecule has 0 aliphatic rings. The van der Waals surface area contributed by atoms with Crippen molar-refractivity contribution in [2.24, 2.45) is 17.6 Å². The highest BCUT2D eigenvalue weighted by atomic mass is 32.1. The Labute approximate surface area is 139 Å². The van der Waals surface area contributed by atoms with E-state index in [1.807, 2.05) is 35.9 Å². The molecule has 1 atom stereocenters. The molecule has 1 unspecified atom stereocenters. The quantitative estimate of drug-likeness (QED) is 0.839. The molecule has 124 valence electrons. The predicted molar refractivity (Wildman–Crippen MR) is 91.6 cm³/mol. The molecule has 0 aliphatic carbocycles. The molecular weight excluding hydrogens is 312 g/mol. The number of fused-ring (bicyclic) bond motifs is 1. The summed E-state index contributed by atoms with van der Waals surface area (Å²) < 4.78 is 3.01. The Balaban J connectivity index is 2.10. The predicted octanol–water partition coefficient (Wildman–Crippen LogP) is 1.72. The minimum atomic E-state index is -0.648. The van der Waals surface area contributed by atoms with E-state index in [2.05, 4.69) is 15.8 Å². The van der Waals surface area contributed by atoms with Crippen LogP contribution in [0, 0.1) is 5.41 Å². The van der Waals surface area contributed by atoms with Gasteiger partial charge in [0.2, 0.25) is 10.7 Å². The van der Waals surface area contributed by atoms with E-state index in [-0.39, 0.29) is 11.8 Å². The molecule has 1 aromatic heterocycles. The number of hydrogen-bond donors (Lipinski definition) is 2. The smallest absolute Gasteiger partial charge is 0.262 e. The first kappa shape index (κ1) is 17.2. The molecule has 1 heterocycles. The molecule has 2 rings (SSSR count). The highest BCUT2D eigenvalue weighted by molar-refractivity contribution is 7.16. The molecule has 0 spiro atoms. The van der Waals surface area contributed by atoms with Gasteiger partial charge in [0.1, 0.15) is 6.04 Å². The first-order valence-electron chi connectivity index (χ1n) is 7.39. The topological polar surface area (TPSA) is 75.5 Å². The van der Waals surface area contributed by atoms with Crippen molar-refractivity contribution in [3.63, 3.8) is 0 Å². The normalized spacial score (nSPS) is 13.9. The maximum Gasteiger partial charge on any atom is 0.262 e. The van der Waals surface area contributed by atoms with Crippen LogP contribution < -0.4 is 15.5 Å². The Bertz CT molecular complexity index is 798. The first-order chi connectivity index (χ1) is 10.7. The third-order valence-electron chi connectivity index (χ3n) is 3.40. The van der Waals surface area contributed by atoms with Gasteiger partial charge in [-0.05, 0) is 19.1 Å². The fraction of sp³-hybridized carbons (Fsp3) is 0.438. The first-order valence-corrected chi connectivity index (χ1v) is 8.21. The number of rotatable bonds is 3. The Morgan fingerprint density at radius 2 is 1.91 bits per heavy atom. The van der Waals surface area contributed by atoms with Crippen molar-refractivity contribution in [2.45, 2.75) is 33.7 Å². The number of nitrogens with zero attached hydrogens (tertiary/aromatic N) is 2. The number of para-hydroxylation sites is 1. The van der Waals surface area contributed by atoms with Crippen LogP contribution in [0.4, 0.5) is 0 Å². The van der Waals surface area contributed by atoms with E-state index in [4.69, 9.17) is 0 Å². The van der Waals surface area contributed by atoms with Crippen LogP contribution in [0.3, 0.4) is 0 Å². The molecule has 0 aliphatic heterocycles. The van der Waals surface area contributed by atoms with E-state index in [0.717, 1.165) is 10.2 Å². The van der Waals surface area contributed by atoms with Crippen molar-refractivity contribution in [1.82, 2.24) is 15.3 Å². The van der Waals surface area contributed by atoms with E-state index in [1.165, 1.54) is 11.3 Å². The van der Waals surface area contributed by atoms with Gasteiger partial charge < -0.3 is 9.88 Å². The van der Waals surface area contributed by atoms with Crippen LogP contribution in [0.15, 0.2) is 29.4 Å². The summed E-state index contributed by atoms with van der Waals surface area (Å²) in [5.41, 5.74) is 3.04. The summed E-state index contributed by atoms with van der Waals surface area (Å²) in [5.74, 6) is -0.521. The van der Waals surface area contributed by atoms with Gasteiger partial charge in [0, 0.05) is 12.5 Å². The largest absolute Gasteiger partial charge is 0.344 e. The summed E-state index contributed by atoms with van der Waals surface area (Å²) in [7, 11) is 1.90. The number of thiazole rings is 1. The van der Waals surface area contributed by atoms with Gasteiger partial charge in [0.05, 0.1) is 10.2 Å². The summed E-state index contributed by atoms with van der Waals surface area (Å²) in [6.45, 7) is 7.04. The lowest BCUT2D eigenvalue weighted by Crippen LogP contribution is -2.47. The maximum absolute atomic E-state index is 12.1. The SMILES string of the molecule is CC(NC(=O)C(C)(C)C)C(=O)N/N=c1\sc2ccccc2n1C. The third kappa shape index (κ3) is 3.98. The van der Waals surface area contributed by atoms with Crippen LogP contribution in [-0.4, -0.2) is 22.4 Å². The van der Waals surface area contributed by atoms with E-state index in [1.54, 1.807) is 27.7 Å². The molecule has 7 heteroatoms. The lowest BCUT2D eigenvalue weighted by Gasteiger charge is -2.20. The van der Waals surface area contributed by atoms with Crippen LogP contribution in [0.5, 0.6) is 0 Å². The van der Waals surface area contributed by atoms with Crippen LogP contribution >= 0.6 is 11.3 Å². The number of benzene rings is 1. The number of carbonyl (C=O) groups excluding carboxylic acids is 2. The van der Waals surface area contributed by atoms with Gasteiger partial charge in [0.15, 0.2) is 0 Å². The molecule has 2 amide bonds. The van der Waals surface area contributed by atoms with Gasteiger partial charge in [-0.25, -0.2) is 5.43 Å². The molecule has 2 aromatic rings. The van der Waals surface area contributed by atoms with Crippen LogP contribution in [0.1, 0.15) is 27.7 Å². The zero-order chi connectivity index (χ0) is 17.2. The molecule has 2 N–H and O–H groups in total. The van der Waals surface area contributed by atoms with Gasteiger partial charge in [-0.2, -0.15) is 0 Å². The fourth-order valence-electron chi connectivity index (χ4n) is 1.87. The van der Waals surface area contributed by atoms with Crippen molar-refractivity contribution in [2.75, 3.05) is 0 Å².